The first-order valence-electron chi connectivity index (χ1n) is 6.28. The van der Waals surface area contributed by atoms with Crippen molar-refractivity contribution in [3.05, 3.63) is 29.3 Å². The van der Waals surface area contributed by atoms with Gasteiger partial charge < -0.3 is 21.3 Å². The highest BCUT2D eigenvalue weighted by Crippen LogP contribution is 2.35. The molecule has 4 nitrogen and oxygen atoms in total. The summed E-state index contributed by atoms with van der Waals surface area (Å²) >= 11 is 0. The van der Waals surface area contributed by atoms with E-state index in [-0.39, 0.29) is 24.5 Å². The van der Waals surface area contributed by atoms with E-state index in [1.54, 1.807) is 6.92 Å². The van der Waals surface area contributed by atoms with Crippen molar-refractivity contribution in [2.75, 3.05) is 13.2 Å². The van der Waals surface area contributed by atoms with Crippen LogP contribution in [0.3, 0.4) is 0 Å². The van der Waals surface area contributed by atoms with Crippen molar-refractivity contribution in [3.63, 3.8) is 0 Å². The lowest BCUT2D eigenvalue weighted by molar-refractivity contribution is -0.137. The number of aliphatic hydroxyl groups excluding tert-OH is 1. The maximum absolute atomic E-state index is 12.7. The van der Waals surface area contributed by atoms with Crippen molar-refractivity contribution in [2.45, 2.75) is 31.7 Å². The molecule has 0 amide bonds. The zero-order valence-corrected chi connectivity index (χ0v) is 11.2. The van der Waals surface area contributed by atoms with Crippen molar-refractivity contribution in [1.82, 2.24) is 0 Å². The number of halogens is 3. The normalized spacial score (nSPS) is 14.9. The molecule has 0 aromatic heterocycles. The Morgan fingerprint density at radius 3 is 2.50 bits per heavy atom. The monoisotopic (exact) mass is 292 g/mol. The molecule has 0 aliphatic rings. The van der Waals surface area contributed by atoms with Crippen molar-refractivity contribution in [1.29, 1.82) is 0 Å². The van der Waals surface area contributed by atoms with Gasteiger partial charge in [0.2, 0.25) is 0 Å². The Bertz CT molecular complexity index is 438. The van der Waals surface area contributed by atoms with Crippen molar-refractivity contribution in [3.8, 4) is 5.75 Å². The number of alkyl halides is 3. The fourth-order valence-corrected chi connectivity index (χ4v) is 1.82. The summed E-state index contributed by atoms with van der Waals surface area (Å²) in [4.78, 5) is 0. The molecule has 1 aromatic carbocycles. The van der Waals surface area contributed by atoms with Crippen LogP contribution in [0.4, 0.5) is 13.2 Å². The summed E-state index contributed by atoms with van der Waals surface area (Å²) in [6.07, 6.45) is -5.46. The highest BCUT2D eigenvalue weighted by Gasteiger charge is 2.32. The zero-order chi connectivity index (χ0) is 15.3. The molecule has 5 N–H and O–H groups in total. The van der Waals surface area contributed by atoms with Crippen LogP contribution in [0.15, 0.2) is 18.2 Å². The SMILES string of the molecule is CCOc1ccc(C(F)(F)F)cc1C(O)C(N)CCN. The number of ether oxygens (including phenoxy) is 1. The molecule has 2 unspecified atom stereocenters. The van der Waals surface area contributed by atoms with Gasteiger partial charge in [0, 0.05) is 11.6 Å². The van der Waals surface area contributed by atoms with Gasteiger partial charge in [-0.1, -0.05) is 0 Å². The Balaban J connectivity index is 3.17. The molecule has 20 heavy (non-hydrogen) atoms. The summed E-state index contributed by atoms with van der Waals surface area (Å²) in [5, 5.41) is 10.1. The first-order chi connectivity index (χ1) is 9.31. The van der Waals surface area contributed by atoms with Gasteiger partial charge in [-0.3, -0.25) is 0 Å². The highest BCUT2D eigenvalue weighted by molar-refractivity contribution is 5.40. The van der Waals surface area contributed by atoms with Crippen molar-refractivity contribution < 1.29 is 23.0 Å². The molecule has 2 atom stereocenters. The van der Waals surface area contributed by atoms with Gasteiger partial charge in [0.25, 0.3) is 0 Å². The minimum atomic E-state index is -4.49. The maximum atomic E-state index is 12.7. The lowest BCUT2D eigenvalue weighted by atomic mass is 9.97. The number of rotatable bonds is 6. The van der Waals surface area contributed by atoms with Gasteiger partial charge in [0.05, 0.1) is 18.3 Å². The van der Waals surface area contributed by atoms with E-state index in [1.807, 2.05) is 0 Å². The van der Waals surface area contributed by atoms with E-state index in [0.29, 0.717) is 6.42 Å². The van der Waals surface area contributed by atoms with E-state index in [0.717, 1.165) is 12.1 Å². The molecule has 114 valence electrons. The first-order valence-corrected chi connectivity index (χ1v) is 6.28. The Hall–Kier alpha value is -1.31. The van der Waals surface area contributed by atoms with Crippen LogP contribution in [0.1, 0.15) is 30.6 Å². The van der Waals surface area contributed by atoms with E-state index in [2.05, 4.69) is 0 Å². The topological polar surface area (TPSA) is 81.5 Å². The Morgan fingerprint density at radius 1 is 1.35 bits per heavy atom. The molecule has 0 aliphatic heterocycles. The minimum Gasteiger partial charge on any atom is -0.493 e. The maximum Gasteiger partial charge on any atom is 0.416 e. The fraction of sp³-hybridized carbons (Fsp3) is 0.538. The van der Waals surface area contributed by atoms with E-state index in [9.17, 15) is 18.3 Å². The third-order valence-corrected chi connectivity index (χ3v) is 2.86. The van der Waals surface area contributed by atoms with Gasteiger partial charge in [-0.05, 0) is 38.1 Å². The molecule has 0 bridgehead atoms. The molecule has 1 aromatic rings. The third kappa shape index (κ3) is 4.09. The van der Waals surface area contributed by atoms with E-state index >= 15 is 0 Å². The second-order valence-corrected chi connectivity index (χ2v) is 4.37. The smallest absolute Gasteiger partial charge is 0.416 e. The van der Waals surface area contributed by atoms with Crippen LogP contribution in [0.2, 0.25) is 0 Å². The molecule has 0 aliphatic carbocycles. The minimum absolute atomic E-state index is 0.0302. The van der Waals surface area contributed by atoms with Crippen LogP contribution in [0, 0.1) is 0 Å². The van der Waals surface area contributed by atoms with Gasteiger partial charge in [-0.25, -0.2) is 0 Å². The average molecular weight is 292 g/mol. The molecule has 0 heterocycles. The summed E-state index contributed by atoms with van der Waals surface area (Å²) in [6, 6.07) is 2.23. The van der Waals surface area contributed by atoms with Crippen molar-refractivity contribution in [2.24, 2.45) is 11.5 Å². The van der Waals surface area contributed by atoms with Crippen LogP contribution in [-0.4, -0.2) is 24.3 Å². The predicted molar refractivity (Wildman–Crippen MR) is 69.2 cm³/mol. The number of aliphatic hydroxyl groups is 1. The molecule has 0 saturated heterocycles. The largest absolute Gasteiger partial charge is 0.493 e. The molecule has 0 saturated carbocycles. The van der Waals surface area contributed by atoms with Crippen LogP contribution in [0.25, 0.3) is 0 Å². The molecule has 0 spiro atoms. The number of hydrogen-bond donors (Lipinski definition) is 3. The van der Waals surface area contributed by atoms with Gasteiger partial charge in [-0.15, -0.1) is 0 Å². The fourth-order valence-electron chi connectivity index (χ4n) is 1.82. The standard InChI is InChI=1S/C13H19F3N2O2/c1-2-20-11-4-3-8(13(14,15)16)7-9(11)12(19)10(18)5-6-17/h3-4,7,10,12,19H,2,5-6,17-18H2,1H3. The van der Waals surface area contributed by atoms with Gasteiger partial charge in [0.15, 0.2) is 0 Å². The van der Waals surface area contributed by atoms with Crippen molar-refractivity contribution >= 4 is 0 Å². The van der Waals surface area contributed by atoms with Crippen LogP contribution in [-0.2, 0) is 6.18 Å². The van der Waals surface area contributed by atoms with Crippen LogP contribution < -0.4 is 16.2 Å². The second-order valence-electron chi connectivity index (χ2n) is 4.37. The zero-order valence-electron chi connectivity index (χ0n) is 11.2. The molecular formula is C13H19F3N2O2. The van der Waals surface area contributed by atoms with Gasteiger partial charge in [-0.2, -0.15) is 13.2 Å². The van der Waals surface area contributed by atoms with E-state index < -0.39 is 23.9 Å². The summed E-state index contributed by atoms with van der Waals surface area (Å²) in [6.45, 7) is 2.21. The Kier molecular flexibility index (Phi) is 5.79. The molecule has 7 heteroatoms. The second kappa shape index (κ2) is 6.92. The van der Waals surface area contributed by atoms with E-state index in [1.165, 1.54) is 6.07 Å². The lowest BCUT2D eigenvalue weighted by Crippen LogP contribution is -2.31. The number of hydrogen-bond acceptors (Lipinski definition) is 4. The van der Waals surface area contributed by atoms with Crippen LogP contribution in [0.5, 0.6) is 5.75 Å². The lowest BCUT2D eigenvalue weighted by Gasteiger charge is -2.22. The molecule has 0 radical (unpaired) electrons. The average Bonchev–Trinajstić information content (AvgIpc) is 2.37. The Morgan fingerprint density at radius 2 is 2.00 bits per heavy atom. The van der Waals surface area contributed by atoms with Crippen LogP contribution >= 0.6 is 0 Å². The third-order valence-electron chi connectivity index (χ3n) is 2.86. The Labute approximate surface area is 115 Å². The summed E-state index contributed by atoms with van der Waals surface area (Å²) in [7, 11) is 0. The number of nitrogens with two attached hydrogens (primary N) is 2. The van der Waals surface area contributed by atoms with Gasteiger partial charge >= 0.3 is 6.18 Å². The molecular weight excluding hydrogens is 273 g/mol. The van der Waals surface area contributed by atoms with Gasteiger partial charge in [0.1, 0.15) is 5.75 Å². The summed E-state index contributed by atoms with van der Waals surface area (Å²) in [5.41, 5.74) is 10.2. The molecule has 0 fully saturated rings. The van der Waals surface area contributed by atoms with E-state index in [4.69, 9.17) is 16.2 Å². The number of benzene rings is 1. The molecule has 1 rings (SSSR count). The first kappa shape index (κ1) is 16.7. The summed E-state index contributed by atoms with van der Waals surface area (Å²) < 4.78 is 43.4. The summed E-state index contributed by atoms with van der Waals surface area (Å²) in [5.74, 6) is 0.195. The predicted octanol–water partition coefficient (Wildman–Crippen LogP) is 1.81. The quantitative estimate of drug-likeness (QED) is 0.747. The highest BCUT2D eigenvalue weighted by atomic mass is 19.4.